The van der Waals surface area contributed by atoms with Gasteiger partial charge in [0.1, 0.15) is 11.2 Å². The first-order valence-electron chi connectivity index (χ1n) is 3.85. The number of likely N-dealkylation sites (N-methyl/N-ethyl adjacent to an activating group) is 1. The van der Waals surface area contributed by atoms with Crippen LogP contribution in [0.25, 0.3) is 0 Å². The standard InChI is InChI=1S/C9H13NO2/c1-6-5-10(4)8(12)9(6,3)7(2)11/h1,5H2,2-4H3. The van der Waals surface area contributed by atoms with E-state index in [1.54, 1.807) is 14.0 Å². The van der Waals surface area contributed by atoms with Crippen molar-refractivity contribution in [2.75, 3.05) is 13.6 Å². The molecule has 1 unspecified atom stereocenters. The van der Waals surface area contributed by atoms with Crippen molar-refractivity contribution in [2.24, 2.45) is 5.41 Å². The second-order valence-electron chi connectivity index (χ2n) is 3.45. The third-order valence-corrected chi connectivity index (χ3v) is 2.61. The van der Waals surface area contributed by atoms with Crippen LogP contribution in [0.5, 0.6) is 0 Å². The molecule has 1 amide bonds. The van der Waals surface area contributed by atoms with Gasteiger partial charge in [-0.3, -0.25) is 9.59 Å². The highest BCUT2D eigenvalue weighted by Crippen LogP contribution is 2.35. The quantitative estimate of drug-likeness (QED) is 0.424. The van der Waals surface area contributed by atoms with Crippen LogP contribution in [0.1, 0.15) is 13.8 Å². The van der Waals surface area contributed by atoms with Crippen molar-refractivity contribution < 1.29 is 9.59 Å². The van der Waals surface area contributed by atoms with Gasteiger partial charge in [-0.05, 0) is 19.4 Å². The fourth-order valence-corrected chi connectivity index (χ4v) is 1.45. The fraction of sp³-hybridized carbons (Fsp3) is 0.556. The summed E-state index contributed by atoms with van der Waals surface area (Å²) in [6, 6.07) is 0. The summed E-state index contributed by atoms with van der Waals surface area (Å²) < 4.78 is 0. The summed E-state index contributed by atoms with van der Waals surface area (Å²) in [5.41, 5.74) is -0.267. The molecule has 0 aromatic carbocycles. The summed E-state index contributed by atoms with van der Waals surface area (Å²) >= 11 is 0. The SMILES string of the molecule is C=C1CN(C)C(=O)C1(C)C(C)=O. The van der Waals surface area contributed by atoms with Crippen LogP contribution in [0.3, 0.4) is 0 Å². The van der Waals surface area contributed by atoms with Gasteiger partial charge >= 0.3 is 0 Å². The van der Waals surface area contributed by atoms with Gasteiger partial charge in [-0.25, -0.2) is 0 Å². The van der Waals surface area contributed by atoms with E-state index in [4.69, 9.17) is 0 Å². The predicted molar refractivity (Wildman–Crippen MR) is 45.6 cm³/mol. The predicted octanol–water partition coefficient (Wildman–Crippen LogP) is 0.610. The summed E-state index contributed by atoms with van der Waals surface area (Å²) in [5.74, 6) is -0.262. The highest BCUT2D eigenvalue weighted by Gasteiger charge is 2.47. The smallest absolute Gasteiger partial charge is 0.240 e. The summed E-state index contributed by atoms with van der Waals surface area (Å²) in [5, 5.41) is 0. The third-order valence-electron chi connectivity index (χ3n) is 2.61. The summed E-state index contributed by atoms with van der Waals surface area (Å²) in [6.07, 6.45) is 0. The zero-order valence-electron chi connectivity index (χ0n) is 7.68. The first-order valence-corrected chi connectivity index (χ1v) is 3.85. The van der Waals surface area contributed by atoms with E-state index < -0.39 is 5.41 Å². The Morgan fingerprint density at radius 1 is 1.67 bits per heavy atom. The summed E-state index contributed by atoms with van der Waals surface area (Å²) in [7, 11) is 1.68. The minimum atomic E-state index is -0.964. The first-order chi connectivity index (χ1) is 5.40. The molecule has 3 heteroatoms. The fourth-order valence-electron chi connectivity index (χ4n) is 1.45. The van der Waals surface area contributed by atoms with Crippen molar-refractivity contribution in [1.29, 1.82) is 0 Å². The Balaban J connectivity index is 3.13. The molecular formula is C9H13NO2. The number of hydrogen-bond acceptors (Lipinski definition) is 2. The number of hydrogen-bond donors (Lipinski definition) is 0. The molecule has 0 radical (unpaired) electrons. The van der Waals surface area contributed by atoms with Gasteiger partial charge in [-0.2, -0.15) is 0 Å². The van der Waals surface area contributed by atoms with Crippen LogP contribution in [-0.2, 0) is 9.59 Å². The first kappa shape index (κ1) is 8.97. The molecule has 1 aliphatic heterocycles. The minimum Gasteiger partial charge on any atom is -0.341 e. The van der Waals surface area contributed by atoms with E-state index >= 15 is 0 Å². The van der Waals surface area contributed by atoms with Crippen LogP contribution in [0.2, 0.25) is 0 Å². The molecular weight excluding hydrogens is 154 g/mol. The molecule has 1 atom stereocenters. The lowest BCUT2D eigenvalue weighted by Crippen LogP contribution is -2.35. The molecule has 1 aliphatic rings. The second-order valence-corrected chi connectivity index (χ2v) is 3.45. The van der Waals surface area contributed by atoms with Gasteiger partial charge < -0.3 is 4.90 Å². The molecule has 1 saturated heterocycles. The molecule has 12 heavy (non-hydrogen) atoms. The van der Waals surface area contributed by atoms with Crippen molar-refractivity contribution in [1.82, 2.24) is 4.90 Å². The third kappa shape index (κ3) is 0.891. The van der Waals surface area contributed by atoms with Gasteiger partial charge in [0.25, 0.3) is 0 Å². The lowest BCUT2D eigenvalue weighted by Gasteiger charge is -2.18. The van der Waals surface area contributed by atoms with Gasteiger partial charge in [0, 0.05) is 13.6 Å². The van der Waals surface area contributed by atoms with Crippen LogP contribution in [0, 0.1) is 5.41 Å². The van der Waals surface area contributed by atoms with Gasteiger partial charge in [0.05, 0.1) is 0 Å². The largest absolute Gasteiger partial charge is 0.341 e. The number of ketones is 1. The summed E-state index contributed by atoms with van der Waals surface area (Å²) in [6.45, 7) is 7.32. The maximum Gasteiger partial charge on any atom is 0.240 e. The van der Waals surface area contributed by atoms with E-state index in [-0.39, 0.29) is 11.7 Å². The number of carbonyl (C=O) groups is 2. The molecule has 3 nitrogen and oxygen atoms in total. The zero-order valence-corrected chi connectivity index (χ0v) is 7.68. The number of carbonyl (C=O) groups excluding carboxylic acids is 2. The molecule has 0 aliphatic carbocycles. The average Bonchev–Trinajstić information content (AvgIpc) is 2.16. The molecule has 1 heterocycles. The van der Waals surface area contributed by atoms with E-state index in [0.717, 1.165) is 0 Å². The molecule has 0 spiro atoms. The maximum atomic E-state index is 11.5. The lowest BCUT2D eigenvalue weighted by atomic mass is 9.81. The average molecular weight is 167 g/mol. The molecule has 66 valence electrons. The van der Waals surface area contributed by atoms with Crippen LogP contribution in [-0.4, -0.2) is 30.2 Å². The van der Waals surface area contributed by atoms with E-state index in [2.05, 4.69) is 6.58 Å². The number of rotatable bonds is 1. The molecule has 1 fully saturated rings. The number of nitrogens with zero attached hydrogens (tertiary/aromatic N) is 1. The Morgan fingerprint density at radius 2 is 2.17 bits per heavy atom. The normalized spacial score (nSPS) is 29.8. The van der Waals surface area contributed by atoms with E-state index in [9.17, 15) is 9.59 Å². The van der Waals surface area contributed by atoms with Crippen LogP contribution in [0.4, 0.5) is 0 Å². The van der Waals surface area contributed by atoms with Gasteiger partial charge in [-0.1, -0.05) is 6.58 Å². The van der Waals surface area contributed by atoms with E-state index in [1.165, 1.54) is 11.8 Å². The van der Waals surface area contributed by atoms with E-state index in [0.29, 0.717) is 12.1 Å². The Hall–Kier alpha value is -1.12. The Labute approximate surface area is 72.0 Å². The van der Waals surface area contributed by atoms with Crippen molar-refractivity contribution in [3.05, 3.63) is 12.2 Å². The van der Waals surface area contributed by atoms with Gasteiger partial charge in [0.15, 0.2) is 0 Å². The van der Waals surface area contributed by atoms with Crippen LogP contribution < -0.4 is 0 Å². The number of likely N-dealkylation sites (tertiary alicyclic amines) is 1. The van der Waals surface area contributed by atoms with Gasteiger partial charge in [-0.15, -0.1) is 0 Å². The lowest BCUT2D eigenvalue weighted by molar-refractivity contribution is -0.140. The second kappa shape index (κ2) is 2.44. The molecule has 0 N–H and O–H groups in total. The molecule has 1 rings (SSSR count). The molecule has 0 aromatic rings. The number of amides is 1. The Morgan fingerprint density at radius 3 is 2.33 bits per heavy atom. The monoisotopic (exact) mass is 167 g/mol. The van der Waals surface area contributed by atoms with Gasteiger partial charge in [0.2, 0.25) is 5.91 Å². The van der Waals surface area contributed by atoms with Crippen LogP contribution in [0.15, 0.2) is 12.2 Å². The van der Waals surface area contributed by atoms with E-state index in [1.807, 2.05) is 0 Å². The molecule has 0 bridgehead atoms. The highest BCUT2D eigenvalue weighted by molar-refractivity contribution is 6.09. The molecule has 0 saturated carbocycles. The van der Waals surface area contributed by atoms with Crippen LogP contribution >= 0.6 is 0 Å². The van der Waals surface area contributed by atoms with Crippen molar-refractivity contribution in [2.45, 2.75) is 13.8 Å². The van der Waals surface area contributed by atoms with Crippen molar-refractivity contribution in [3.8, 4) is 0 Å². The van der Waals surface area contributed by atoms with Crippen molar-refractivity contribution >= 4 is 11.7 Å². The zero-order chi connectivity index (χ0) is 9.52. The molecule has 0 aromatic heterocycles. The highest BCUT2D eigenvalue weighted by atomic mass is 16.2. The Kier molecular flexibility index (Phi) is 1.82. The topological polar surface area (TPSA) is 37.4 Å². The summed E-state index contributed by atoms with van der Waals surface area (Å²) in [4.78, 5) is 24.3. The Bertz CT molecular complexity index is 270. The number of Topliss-reactive ketones (excluding diaryl/α,β-unsaturated/α-hetero) is 1. The maximum absolute atomic E-state index is 11.5. The minimum absolute atomic E-state index is 0.123. The van der Waals surface area contributed by atoms with Crippen molar-refractivity contribution in [3.63, 3.8) is 0 Å².